The maximum absolute atomic E-state index is 14.2. The first-order valence-electron chi connectivity index (χ1n) is 15.7. The van der Waals surface area contributed by atoms with Crippen LogP contribution in [0.25, 0.3) is 0 Å². The van der Waals surface area contributed by atoms with Crippen LogP contribution in [0, 0.1) is 13.8 Å². The highest BCUT2D eigenvalue weighted by Crippen LogP contribution is 2.29. The molecule has 1 fully saturated rings. The second-order valence-electron chi connectivity index (χ2n) is 11.9. The van der Waals surface area contributed by atoms with Crippen molar-refractivity contribution in [1.29, 1.82) is 0 Å². The summed E-state index contributed by atoms with van der Waals surface area (Å²) in [5.41, 5.74) is 3.13. The number of amides is 2. The quantitative estimate of drug-likeness (QED) is 0.185. The minimum Gasteiger partial charge on any atom is -0.457 e. The summed E-state index contributed by atoms with van der Waals surface area (Å²) in [6, 6.07) is 29.4. The maximum Gasteiger partial charge on any atom is 0.264 e. The Morgan fingerprint density at radius 2 is 1.37 bits per heavy atom. The molecule has 0 aliphatic heterocycles. The lowest BCUT2D eigenvalue weighted by atomic mass is 10.1. The molecule has 0 aromatic heterocycles. The molecule has 1 aliphatic rings. The van der Waals surface area contributed by atoms with Crippen molar-refractivity contribution in [1.82, 2.24) is 10.2 Å². The molecule has 0 saturated heterocycles. The minimum absolute atomic E-state index is 0.0626. The number of benzene rings is 4. The number of ether oxygens (including phenoxy) is 1. The van der Waals surface area contributed by atoms with Crippen LogP contribution in [0.3, 0.4) is 0 Å². The number of para-hydroxylation sites is 1. The van der Waals surface area contributed by atoms with E-state index in [-0.39, 0.29) is 23.4 Å². The number of sulfonamides is 1. The summed E-state index contributed by atoms with van der Waals surface area (Å²) in [4.78, 5) is 29.2. The van der Waals surface area contributed by atoms with Crippen LogP contribution in [-0.4, -0.2) is 43.8 Å². The molecule has 0 unspecified atom stereocenters. The van der Waals surface area contributed by atoms with Gasteiger partial charge in [0.1, 0.15) is 24.1 Å². The van der Waals surface area contributed by atoms with Gasteiger partial charge in [0, 0.05) is 12.6 Å². The largest absolute Gasteiger partial charge is 0.457 e. The summed E-state index contributed by atoms with van der Waals surface area (Å²) in [5.74, 6) is 0.427. The van der Waals surface area contributed by atoms with E-state index >= 15 is 0 Å². The molecule has 240 valence electrons. The van der Waals surface area contributed by atoms with Gasteiger partial charge in [0.15, 0.2) is 0 Å². The number of nitrogens with one attached hydrogen (secondary N) is 1. The molecule has 1 N–H and O–H groups in total. The molecular weight excluding hydrogens is 598 g/mol. The van der Waals surface area contributed by atoms with Crippen LogP contribution in [0.2, 0.25) is 0 Å². The van der Waals surface area contributed by atoms with Gasteiger partial charge < -0.3 is 15.0 Å². The molecule has 5 rings (SSSR count). The van der Waals surface area contributed by atoms with Crippen molar-refractivity contribution in [2.45, 2.75) is 70.0 Å². The second-order valence-corrected chi connectivity index (χ2v) is 13.8. The van der Waals surface area contributed by atoms with Gasteiger partial charge in [-0.1, -0.05) is 78.6 Å². The molecule has 2 amide bonds. The van der Waals surface area contributed by atoms with Gasteiger partial charge in [-0.2, -0.15) is 0 Å². The Morgan fingerprint density at radius 3 is 1.98 bits per heavy atom. The minimum atomic E-state index is -4.17. The highest BCUT2D eigenvalue weighted by atomic mass is 32.2. The van der Waals surface area contributed by atoms with E-state index in [1.165, 1.54) is 17.0 Å². The molecule has 8 nitrogen and oxygen atoms in total. The van der Waals surface area contributed by atoms with Crippen LogP contribution >= 0.6 is 0 Å². The van der Waals surface area contributed by atoms with Crippen molar-refractivity contribution in [2.75, 3.05) is 10.8 Å². The van der Waals surface area contributed by atoms with Crippen molar-refractivity contribution in [3.63, 3.8) is 0 Å². The summed E-state index contributed by atoms with van der Waals surface area (Å²) in [5, 5.41) is 3.10. The van der Waals surface area contributed by atoms with Crippen molar-refractivity contribution in [3.05, 3.63) is 120 Å². The average molecular weight is 640 g/mol. The second kappa shape index (κ2) is 14.6. The highest BCUT2D eigenvalue weighted by Gasteiger charge is 2.33. The molecule has 1 atom stereocenters. The molecule has 1 saturated carbocycles. The van der Waals surface area contributed by atoms with Gasteiger partial charge in [0.05, 0.1) is 10.6 Å². The summed E-state index contributed by atoms with van der Waals surface area (Å²) >= 11 is 0. The topological polar surface area (TPSA) is 96.0 Å². The van der Waals surface area contributed by atoms with Crippen molar-refractivity contribution < 1.29 is 22.7 Å². The number of carbonyl (C=O) groups is 2. The smallest absolute Gasteiger partial charge is 0.264 e. The van der Waals surface area contributed by atoms with Crippen molar-refractivity contribution in [3.8, 4) is 11.5 Å². The van der Waals surface area contributed by atoms with E-state index in [2.05, 4.69) is 5.32 Å². The van der Waals surface area contributed by atoms with Gasteiger partial charge in [-0.05, 0) is 87.7 Å². The lowest BCUT2D eigenvalue weighted by Gasteiger charge is -2.32. The Labute approximate surface area is 272 Å². The van der Waals surface area contributed by atoms with Gasteiger partial charge in [-0.15, -0.1) is 0 Å². The number of hydrogen-bond donors (Lipinski definition) is 1. The van der Waals surface area contributed by atoms with Crippen molar-refractivity contribution >= 4 is 27.5 Å². The highest BCUT2D eigenvalue weighted by molar-refractivity contribution is 7.92. The van der Waals surface area contributed by atoms with Gasteiger partial charge in [0.25, 0.3) is 10.0 Å². The van der Waals surface area contributed by atoms with E-state index in [1.807, 2.05) is 68.4 Å². The number of hydrogen-bond acceptors (Lipinski definition) is 5. The van der Waals surface area contributed by atoms with E-state index in [9.17, 15) is 18.0 Å². The Morgan fingerprint density at radius 1 is 0.804 bits per heavy atom. The molecule has 1 aliphatic carbocycles. The lowest BCUT2D eigenvalue weighted by Crippen LogP contribution is -2.52. The SMILES string of the molecule is Cc1ccc(CN(C(=O)CN(c2ccc(Oc3ccccc3)cc2)S(=O)(=O)c2ccc(C)cc2)[C@@H](C)C(=O)NC2CCCC2)cc1. The molecule has 0 bridgehead atoms. The van der Waals surface area contributed by atoms with E-state index in [1.54, 1.807) is 43.3 Å². The van der Waals surface area contributed by atoms with Crippen LogP contribution in [0.5, 0.6) is 11.5 Å². The third kappa shape index (κ3) is 8.14. The molecule has 4 aromatic carbocycles. The van der Waals surface area contributed by atoms with Gasteiger partial charge in [-0.3, -0.25) is 13.9 Å². The fourth-order valence-electron chi connectivity index (χ4n) is 5.54. The Bertz CT molecular complexity index is 1720. The third-order valence-corrected chi connectivity index (χ3v) is 10.1. The molecular formula is C37H41N3O5S. The molecule has 0 radical (unpaired) electrons. The predicted octanol–water partition coefficient (Wildman–Crippen LogP) is 6.77. The van der Waals surface area contributed by atoms with Crippen LogP contribution in [0.15, 0.2) is 108 Å². The molecule has 0 spiro atoms. The van der Waals surface area contributed by atoms with E-state index in [0.717, 1.165) is 46.7 Å². The molecule has 4 aromatic rings. The summed E-state index contributed by atoms with van der Waals surface area (Å²) < 4.78 is 35.3. The number of carbonyl (C=O) groups excluding carboxylic acids is 2. The van der Waals surface area contributed by atoms with E-state index in [4.69, 9.17) is 4.74 Å². The van der Waals surface area contributed by atoms with Crippen molar-refractivity contribution in [2.24, 2.45) is 0 Å². The first-order chi connectivity index (χ1) is 22.1. The van der Waals surface area contributed by atoms with Crippen LogP contribution in [0.4, 0.5) is 5.69 Å². The normalized spacial score (nSPS) is 14.0. The van der Waals surface area contributed by atoms with Gasteiger partial charge in [0.2, 0.25) is 11.8 Å². The fourth-order valence-corrected chi connectivity index (χ4v) is 6.95. The Balaban J connectivity index is 1.46. The number of aryl methyl sites for hydroxylation is 2. The fraction of sp³-hybridized carbons (Fsp3) is 0.297. The number of nitrogens with zero attached hydrogens (tertiary/aromatic N) is 2. The number of anilines is 1. The zero-order valence-electron chi connectivity index (χ0n) is 26.6. The summed E-state index contributed by atoms with van der Waals surface area (Å²) in [6.07, 6.45) is 3.95. The van der Waals surface area contributed by atoms with E-state index < -0.39 is 28.5 Å². The first kappa shape index (κ1) is 32.8. The van der Waals surface area contributed by atoms with E-state index in [0.29, 0.717) is 17.2 Å². The molecule has 9 heteroatoms. The van der Waals surface area contributed by atoms with Crippen LogP contribution in [0.1, 0.15) is 49.3 Å². The lowest BCUT2D eigenvalue weighted by molar-refractivity contribution is -0.139. The van der Waals surface area contributed by atoms with Gasteiger partial charge >= 0.3 is 0 Å². The predicted molar refractivity (Wildman–Crippen MR) is 180 cm³/mol. The monoisotopic (exact) mass is 639 g/mol. The molecule has 0 heterocycles. The summed E-state index contributed by atoms with van der Waals surface area (Å²) in [6.45, 7) is 5.21. The van der Waals surface area contributed by atoms with Gasteiger partial charge in [-0.25, -0.2) is 8.42 Å². The third-order valence-electron chi connectivity index (χ3n) is 8.33. The average Bonchev–Trinajstić information content (AvgIpc) is 3.57. The van der Waals surface area contributed by atoms with Crippen LogP contribution in [-0.2, 0) is 26.2 Å². The zero-order valence-corrected chi connectivity index (χ0v) is 27.4. The Hall–Kier alpha value is -4.63. The maximum atomic E-state index is 14.2. The molecule has 46 heavy (non-hydrogen) atoms. The zero-order chi connectivity index (χ0) is 32.7. The standard InChI is InChI=1S/C37H41N3O5S/c1-27-13-17-30(18-14-27)25-39(29(3)37(42)38-31-9-7-8-10-31)36(41)26-40(46(43,44)35-23-15-28(2)16-24-35)32-19-21-34(22-20-32)45-33-11-5-4-6-12-33/h4-6,11-24,29,31H,7-10,25-26H2,1-3H3,(H,38,42)/t29-/m0/s1. The first-order valence-corrected chi connectivity index (χ1v) is 17.1. The summed E-state index contributed by atoms with van der Waals surface area (Å²) in [7, 11) is -4.17. The number of rotatable bonds is 12. The van der Waals surface area contributed by atoms with Crippen LogP contribution < -0.4 is 14.4 Å². The Kier molecular flexibility index (Phi) is 10.4.